The van der Waals surface area contributed by atoms with Crippen LogP contribution in [-0.2, 0) is 20.6 Å². The standard InChI is InChI=1S/C16H18BrN5O2/c1-10-8-11(17)4-5-12(10)18-6-7-22-9-19-14-13(22)15(23)21(3)16(24)20(14)2/h4-5,8-9,18H,6-7H2,1-3H3. The summed E-state index contributed by atoms with van der Waals surface area (Å²) in [5.41, 5.74) is 2.32. The minimum atomic E-state index is -0.374. The van der Waals surface area contributed by atoms with Gasteiger partial charge in [-0.05, 0) is 30.7 Å². The van der Waals surface area contributed by atoms with Gasteiger partial charge in [-0.15, -0.1) is 0 Å². The van der Waals surface area contributed by atoms with Crippen LogP contribution in [0.3, 0.4) is 0 Å². The first-order valence-electron chi connectivity index (χ1n) is 7.51. The molecule has 0 radical (unpaired) electrons. The molecule has 3 aromatic rings. The van der Waals surface area contributed by atoms with Crippen molar-refractivity contribution in [3.05, 3.63) is 55.4 Å². The van der Waals surface area contributed by atoms with Crippen LogP contribution in [0.1, 0.15) is 5.56 Å². The largest absolute Gasteiger partial charge is 0.383 e. The highest BCUT2D eigenvalue weighted by atomic mass is 79.9. The first-order valence-corrected chi connectivity index (χ1v) is 8.30. The van der Waals surface area contributed by atoms with Crippen LogP contribution < -0.4 is 16.6 Å². The molecule has 24 heavy (non-hydrogen) atoms. The van der Waals surface area contributed by atoms with Crippen LogP contribution in [0.15, 0.2) is 38.6 Å². The molecule has 0 aliphatic rings. The molecule has 0 atom stereocenters. The number of anilines is 1. The maximum absolute atomic E-state index is 12.4. The molecule has 0 aliphatic carbocycles. The molecule has 0 spiro atoms. The van der Waals surface area contributed by atoms with Crippen LogP contribution in [0.2, 0.25) is 0 Å². The second-order valence-corrected chi connectivity index (χ2v) is 6.62. The van der Waals surface area contributed by atoms with Crippen molar-refractivity contribution in [2.45, 2.75) is 13.5 Å². The van der Waals surface area contributed by atoms with Crippen LogP contribution in [-0.4, -0.2) is 25.2 Å². The highest BCUT2D eigenvalue weighted by molar-refractivity contribution is 9.10. The van der Waals surface area contributed by atoms with Crippen LogP contribution >= 0.6 is 15.9 Å². The maximum Gasteiger partial charge on any atom is 0.332 e. The predicted octanol–water partition coefficient (Wildman–Crippen LogP) is 1.62. The van der Waals surface area contributed by atoms with Gasteiger partial charge in [0.15, 0.2) is 11.2 Å². The normalized spacial score (nSPS) is 11.2. The van der Waals surface area contributed by atoms with Crippen molar-refractivity contribution in [1.82, 2.24) is 18.7 Å². The van der Waals surface area contributed by atoms with Crippen molar-refractivity contribution in [2.75, 3.05) is 11.9 Å². The molecular weight excluding hydrogens is 374 g/mol. The lowest BCUT2D eigenvalue weighted by molar-refractivity contribution is 0.695. The Bertz CT molecular complexity index is 1030. The number of aryl methyl sites for hydroxylation is 2. The number of nitrogens with zero attached hydrogens (tertiary/aromatic N) is 4. The smallest absolute Gasteiger partial charge is 0.332 e. The van der Waals surface area contributed by atoms with E-state index in [0.29, 0.717) is 24.3 Å². The zero-order valence-electron chi connectivity index (χ0n) is 13.7. The Labute approximate surface area is 146 Å². The number of halogens is 1. The number of fused-ring (bicyclic) bond motifs is 1. The van der Waals surface area contributed by atoms with Gasteiger partial charge in [0.2, 0.25) is 0 Å². The summed E-state index contributed by atoms with van der Waals surface area (Å²) in [5, 5.41) is 3.36. The van der Waals surface area contributed by atoms with E-state index in [4.69, 9.17) is 0 Å². The Morgan fingerprint density at radius 2 is 1.96 bits per heavy atom. The molecule has 3 rings (SSSR count). The van der Waals surface area contributed by atoms with Crippen LogP contribution in [0, 0.1) is 6.92 Å². The van der Waals surface area contributed by atoms with E-state index in [2.05, 4.69) is 26.2 Å². The molecule has 7 nitrogen and oxygen atoms in total. The lowest BCUT2D eigenvalue weighted by Gasteiger charge is -2.11. The van der Waals surface area contributed by atoms with E-state index in [9.17, 15) is 9.59 Å². The zero-order valence-corrected chi connectivity index (χ0v) is 15.3. The van der Waals surface area contributed by atoms with E-state index in [1.165, 1.54) is 11.6 Å². The first-order chi connectivity index (χ1) is 11.4. The van der Waals surface area contributed by atoms with Crippen molar-refractivity contribution in [3.8, 4) is 0 Å². The van der Waals surface area contributed by atoms with Gasteiger partial charge in [0.25, 0.3) is 5.56 Å². The average Bonchev–Trinajstić information content (AvgIpc) is 2.97. The van der Waals surface area contributed by atoms with Crippen LogP contribution in [0.25, 0.3) is 11.2 Å². The Morgan fingerprint density at radius 3 is 2.67 bits per heavy atom. The molecule has 0 amide bonds. The summed E-state index contributed by atoms with van der Waals surface area (Å²) in [5.74, 6) is 0. The second-order valence-electron chi connectivity index (χ2n) is 5.70. The molecule has 2 aromatic heterocycles. The highest BCUT2D eigenvalue weighted by Crippen LogP contribution is 2.19. The van der Waals surface area contributed by atoms with E-state index in [1.807, 2.05) is 25.1 Å². The Hall–Kier alpha value is -2.35. The summed E-state index contributed by atoms with van der Waals surface area (Å²) in [4.78, 5) is 28.5. The van der Waals surface area contributed by atoms with E-state index in [1.54, 1.807) is 17.9 Å². The van der Waals surface area contributed by atoms with Crippen molar-refractivity contribution in [1.29, 1.82) is 0 Å². The minimum absolute atomic E-state index is 0.328. The number of nitrogens with one attached hydrogen (secondary N) is 1. The number of aromatic nitrogens is 4. The van der Waals surface area contributed by atoms with Crippen molar-refractivity contribution in [3.63, 3.8) is 0 Å². The molecule has 0 fully saturated rings. The monoisotopic (exact) mass is 391 g/mol. The molecule has 0 aliphatic heterocycles. The molecule has 0 saturated heterocycles. The predicted molar refractivity (Wildman–Crippen MR) is 97.6 cm³/mol. The van der Waals surface area contributed by atoms with Crippen molar-refractivity contribution >= 4 is 32.8 Å². The van der Waals surface area contributed by atoms with E-state index >= 15 is 0 Å². The number of hydrogen-bond acceptors (Lipinski definition) is 4. The van der Waals surface area contributed by atoms with Gasteiger partial charge in [-0.25, -0.2) is 9.78 Å². The third-order valence-electron chi connectivity index (χ3n) is 4.07. The van der Waals surface area contributed by atoms with Gasteiger partial charge in [-0.2, -0.15) is 0 Å². The molecule has 126 valence electrons. The van der Waals surface area contributed by atoms with Crippen molar-refractivity contribution < 1.29 is 0 Å². The zero-order chi connectivity index (χ0) is 17.4. The van der Waals surface area contributed by atoms with Gasteiger partial charge in [0, 0.05) is 37.3 Å². The summed E-state index contributed by atoms with van der Waals surface area (Å²) in [6.07, 6.45) is 1.60. The topological polar surface area (TPSA) is 73.8 Å². The fourth-order valence-electron chi connectivity index (χ4n) is 2.70. The molecular formula is C16H18BrN5O2. The van der Waals surface area contributed by atoms with Crippen LogP contribution in [0.4, 0.5) is 5.69 Å². The first kappa shape index (κ1) is 16.5. The molecule has 1 N–H and O–H groups in total. The lowest BCUT2D eigenvalue weighted by atomic mass is 10.2. The van der Waals surface area contributed by atoms with Gasteiger partial charge >= 0.3 is 5.69 Å². The average molecular weight is 392 g/mol. The third kappa shape index (κ3) is 2.77. The fourth-order valence-corrected chi connectivity index (χ4v) is 3.18. The Morgan fingerprint density at radius 1 is 1.21 bits per heavy atom. The quantitative estimate of drug-likeness (QED) is 0.733. The van der Waals surface area contributed by atoms with Gasteiger partial charge in [-0.3, -0.25) is 13.9 Å². The molecule has 1 aromatic carbocycles. The second kappa shape index (κ2) is 6.27. The molecule has 0 unspecified atom stereocenters. The molecule has 8 heteroatoms. The number of hydrogen-bond donors (Lipinski definition) is 1. The van der Waals surface area contributed by atoms with Gasteiger partial charge in [0.05, 0.1) is 6.33 Å². The molecule has 0 bridgehead atoms. The van der Waals surface area contributed by atoms with E-state index in [-0.39, 0.29) is 11.2 Å². The fraction of sp³-hybridized carbons (Fsp3) is 0.312. The van der Waals surface area contributed by atoms with Gasteiger partial charge < -0.3 is 9.88 Å². The lowest BCUT2D eigenvalue weighted by Crippen LogP contribution is -2.37. The minimum Gasteiger partial charge on any atom is -0.383 e. The summed E-state index contributed by atoms with van der Waals surface area (Å²) < 4.78 is 5.31. The van der Waals surface area contributed by atoms with Gasteiger partial charge in [-0.1, -0.05) is 15.9 Å². The maximum atomic E-state index is 12.4. The van der Waals surface area contributed by atoms with E-state index < -0.39 is 0 Å². The summed E-state index contributed by atoms with van der Waals surface area (Å²) in [6, 6.07) is 6.03. The number of imidazole rings is 1. The highest BCUT2D eigenvalue weighted by Gasteiger charge is 2.13. The van der Waals surface area contributed by atoms with E-state index in [0.717, 1.165) is 20.3 Å². The number of rotatable bonds is 4. The summed E-state index contributed by atoms with van der Waals surface area (Å²) >= 11 is 3.45. The Kier molecular flexibility index (Phi) is 4.31. The Balaban J connectivity index is 1.86. The summed E-state index contributed by atoms with van der Waals surface area (Å²) in [7, 11) is 3.09. The SMILES string of the molecule is Cc1cc(Br)ccc1NCCn1cnc2c1c(=O)n(C)c(=O)n2C. The molecule has 0 saturated carbocycles. The third-order valence-corrected chi connectivity index (χ3v) is 4.57. The molecule has 2 heterocycles. The van der Waals surface area contributed by atoms with Crippen molar-refractivity contribution in [2.24, 2.45) is 14.1 Å². The van der Waals surface area contributed by atoms with Gasteiger partial charge in [0.1, 0.15) is 0 Å². The number of benzene rings is 1. The van der Waals surface area contributed by atoms with Crippen LogP contribution in [0.5, 0.6) is 0 Å². The summed E-state index contributed by atoms with van der Waals surface area (Å²) in [6.45, 7) is 3.24.